The zero-order chi connectivity index (χ0) is 16.7. The van der Waals surface area contributed by atoms with E-state index in [-0.39, 0.29) is 18.2 Å². The highest BCUT2D eigenvalue weighted by atomic mass is 16.6. The van der Waals surface area contributed by atoms with Gasteiger partial charge >= 0.3 is 0 Å². The molecule has 5 heteroatoms. The van der Waals surface area contributed by atoms with Crippen molar-refractivity contribution in [1.29, 1.82) is 0 Å². The summed E-state index contributed by atoms with van der Waals surface area (Å²) in [6.45, 7) is 8.26. The van der Waals surface area contributed by atoms with Crippen LogP contribution in [0.15, 0.2) is 24.3 Å². The van der Waals surface area contributed by atoms with Gasteiger partial charge in [0.25, 0.3) is 0 Å². The number of aliphatic hydroxyl groups excluding tert-OH is 1. The molecule has 0 saturated carbocycles. The molecule has 0 aliphatic carbocycles. The van der Waals surface area contributed by atoms with Gasteiger partial charge in [-0.15, -0.1) is 0 Å². The minimum atomic E-state index is -0.569. The van der Waals surface area contributed by atoms with Gasteiger partial charge in [0.05, 0.1) is 6.10 Å². The first-order chi connectivity index (χ1) is 10.9. The third kappa shape index (κ3) is 6.77. The minimum Gasteiger partial charge on any atom is -0.487 e. The Hall–Kier alpha value is -1.30. The molecular formula is C18H29NO4. The van der Waals surface area contributed by atoms with E-state index in [2.05, 4.69) is 26.1 Å². The first-order valence-corrected chi connectivity index (χ1v) is 8.33. The lowest BCUT2D eigenvalue weighted by molar-refractivity contribution is 0.0644. The molecule has 130 valence electrons. The number of nitrogens with one attached hydrogen (secondary N) is 1. The summed E-state index contributed by atoms with van der Waals surface area (Å²) >= 11 is 0. The van der Waals surface area contributed by atoms with Gasteiger partial charge < -0.3 is 24.6 Å². The predicted molar refractivity (Wildman–Crippen MR) is 90.2 cm³/mol. The Balaban J connectivity index is 1.79. The highest BCUT2D eigenvalue weighted by Gasteiger charge is 2.17. The monoisotopic (exact) mass is 323 g/mol. The molecule has 1 aliphatic rings. The summed E-state index contributed by atoms with van der Waals surface area (Å²) in [6.07, 6.45) is 1.74. The van der Waals surface area contributed by atoms with E-state index in [0.29, 0.717) is 24.7 Å². The molecule has 1 fully saturated rings. The Morgan fingerprint density at radius 3 is 2.57 bits per heavy atom. The molecule has 0 bridgehead atoms. The van der Waals surface area contributed by atoms with Crippen molar-refractivity contribution >= 4 is 0 Å². The summed E-state index contributed by atoms with van der Waals surface area (Å²) in [5, 5.41) is 13.3. The van der Waals surface area contributed by atoms with Crippen molar-refractivity contribution in [2.24, 2.45) is 0 Å². The van der Waals surface area contributed by atoms with Gasteiger partial charge in [0.2, 0.25) is 0 Å². The lowest BCUT2D eigenvalue weighted by Crippen LogP contribution is -2.42. The van der Waals surface area contributed by atoms with Crippen LogP contribution in [-0.4, -0.2) is 49.2 Å². The fraction of sp³-hybridized carbons (Fsp3) is 0.667. The molecule has 0 amide bonds. The van der Waals surface area contributed by atoms with Gasteiger partial charge in [0.1, 0.15) is 19.3 Å². The maximum atomic E-state index is 10.0. The van der Waals surface area contributed by atoms with Crippen LogP contribution in [-0.2, 0) is 4.74 Å². The average Bonchev–Trinajstić information content (AvgIpc) is 3.02. The molecular weight excluding hydrogens is 294 g/mol. The van der Waals surface area contributed by atoms with E-state index >= 15 is 0 Å². The molecule has 1 aromatic carbocycles. The second kappa shape index (κ2) is 8.52. The van der Waals surface area contributed by atoms with E-state index in [4.69, 9.17) is 14.2 Å². The Labute approximate surface area is 138 Å². The molecule has 23 heavy (non-hydrogen) atoms. The van der Waals surface area contributed by atoms with E-state index in [1.165, 1.54) is 0 Å². The van der Waals surface area contributed by atoms with Crippen LogP contribution in [0.1, 0.15) is 33.6 Å². The number of para-hydroxylation sites is 2. The maximum Gasteiger partial charge on any atom is 0.161 e. The van der Waals surface area contributed by atoms with Gasteiger partial charge in [-0.1, -0.05) is 12.1 Å². The van der Waals surface area contributed by atoms with Crippen LogP contribution in [0.25, 0.3) is 0 Å². The Morgan fingerprint density at radius 1 is 1.26 bits per heavy atom. The summed E-state index contributed by atoms with van der Waals surface area (Å²) in [5.74, 6) is 1.35. The quantitative estimate of drug-likeness (QED) is 0.769. The molecule has 1 heterocycles. The molecule has 1 saturated heterocycles. The summed E-state index contributed by atoms with van der Waals surface area (Å²) in [4.78, 5) is 0. The van der Waals surface area contributed by atoms with Crippen molar-refractivity contribution in [2.45, 2.75) is 51.4 Å². The minimum absolute atomic E-state index is 0.0245. The first kappa shape index (κ1) is 18.0. The normalized spacial score (nSPS) is 19.6. The molecule has 5 nitrogen and oxygen atoms in total. The number of rotatable bonds is 8. The number of β-amino-alcohol motifs (C(OH)–C–C–N with tert-alkyl or cyclic N) is 1. The van der Waals surface area contributed by atoms with Gasteiger partial charge in [-0.05, 0) is 45.7 Å². The Morgan fingerprint density at radius 2 is 1.96 bits per heavy atom. The smallest absolute Gasteiger partial charge is 0.161 e. The molecule has 2 rings (SSSR count). The van der Waals surface area contributed by atoms with Crippen molar-refractivity contribution in [3.63, 3.8) is 0 Å². The van der Waals surface area contributed by atoms with E-state index < -0.39 is 6.10 Å². The largest absolute Gasteiger partial charge is 0.487 e. The van der Waals surface area contributed by atoms with Gasteiger partial charge in [0, 0.05) is 18.7 Å². The second-order valence-corrected chi connectivity index (χ2v) is 6.99. The highest BCUT2D eigenvalue weighted by molar-refractivity contribution is 5.39. The Bertz CT molecular complexity index is 466. The van der Waals surface area contributed by atoms with Gasteiger partial charge in [0.15, 0.2) is 11.5 Å². The average molecular weight is 323 g/mol. The third-order valence-electron chi connectivity index (χ3n) is 3.60. The molecule has 0 aromatic heterocycles. The molecule has 0 unspecified atom stereocenters. The lowest BCUT2D eigenvalue weighted by atomic mass is 10.1. The summed E-state index contributed by atoms with van der Waals surface area (Å²) < 4.78 is 17.1. The van der Waals surface area contributed by atoms with Crippen LogP contribution in [0.4, 0.5) is 0 Å². The van der Waals surface area contributed by atoms with Crippen molar-refractivity contribution in [1.82, 2.24) is 5.32 Å². The number of aliphatic hydroxyl groups is 1. The standard InChI is InChI=1S/C18H29NO4/c1-18(2,3)19-11-14(20)12-22-16-8-4-5-9-17(16)23-13-15-7-6-10-21-15/h4-5,8-9,14-15,19-20H,6-7,10-13H2,1-3H3/t14-,15+/m1/s1. The fourth-order valence-electron chi connectivity index (χ4n) is 2.32. The summed E-state index contributed by atoms with van der Waals surface area (Å²) in [5.41, 5.74) is -0.0245. The van der Waals surface area contributed by atoms with Crippen molar-refractivity contribution in [3.05, 3.63) is 24.3 Å². The van der Waals surface area contributed by atoms with Gasteiger partial charge in [-0.25, -0.2) is 0 Å². The molecule has 0 radical (unpaired) electrons. The van der Waals surface area contributed by atoms with E-state index in [1.54, 1.807) is 0 Å². The van der Waals surface area contributed by atoms with Crippen LogP contribution in [0, 0.1) is 0 Å². The van der Waals surface area contributed by atoms with Crippen LogP contribution < -0.4 is 14.8 Å². The van der Waals surface area contributed by atoms with Crippen LogP contribution >= 0.6 is 0 Å². The van der Waals surface area contributed by atoms with Crippen LogP contribution in [0.2, 0.25) is 0 Å². The SMILES string of the molecule is CC(C)(C)NC[C@@H](O)COc1ccccc1OC[C@@H]1CCCO1. The van der Waals surface area contributed by atoms with Crippen molar-refractivity contribution in [2.75, 3.05) is 26.4 Å². The summed E-state index contributed by atoms with van der Waals surface area (Å²) in [7, 11) is 0. The van der Waals surface area contributed by atoms with Crippen LogP contribution in [0.3, 0.4) is 0 Å². The van der Waals surface area contributed by atoms with Crippen molar-refractivity contribution < 1.29 is 19.3 Å². The summed E-state index contributed by atoms with van der Waals surface area (Å²) in [6, 6.07) is 7.54. The zero-order valence-corrected chi connectivity index (χ0v) is 14.4. The maximum absolute atomic E-state index is 10.0. The second-order valence-electron chi connectivity index (χ2n) is 6.99. The number of benzene rings is 1. The Kier molecular flexibility index (Phi) is 6.69. The zero-order valence-electron chi connectivity index (χ0n) is 14.4. The van der Waals surface area contributed by atoms with E-state index in [9.17, 15) is 5.11 Å². The topological polar surface area (TPSA) is 60.0 Å². The first-order valence-electron chi connectivity index (χ1n) is 8.33. The molecule has 1 aromatic rings. The number of hydrogen-bond acceptors (Lipinski definition) is 5. The molecule has 1 aliphatic heterocycles. The van der Waals surface area contributed by atoms with Crippen molar-refractivity contribution in [3.8, 4) is 11.5 Å². The lowest BCUT2D eigenvalue weighted by Gasteiger charge is -2.23. The molecule has 2 N–H and O–H groups in total. The highest BCUT2D eigenvalue weighted by Crippen LogP contribution is 2.27. The van der Waals surface area contributed by atoms with E-state index in [0.717, 1.165) is 19.4 Å². The van der Waals surface area contributed by atoms with Gasteiger partial charge in [-0.2, -0.15) is 0 Å². The fourth-order valence-corrected chi connectivity index (χ4v) is 2.32. The number of hydrogen-bond donors (Lipinski definition) is 2. The van der Waals surface area contributed by atoms with Gasteiger partial charge in [-0.3, -0.25) is 0 Å². The predicted octanol–water partition coefficient (Wildman–Crippen LogP) is 2.37. The number of ether oxygens (including phenoxy) is 3. The third-order valence-corrected chi connectivity index (χ3v) is 3.60. The molecule has 2 atom stereocenters. The molecule has 0 spiro atoms. The van der Waals surface area contributed by atoms with E-state index in [1.807, 2.05) is 24.3 Å². The van der Waals surface area contributed by atoms with Crippen LogP contribution in [0.5, 0.6) is 11.5 Å².